The van der Waals surface area contributed by atoms with Crippen LogP contribution in [-0.4, -0.2) is 25.2 Å². The van der Waals surface area contributed by atoms with Crippen LogP contribution in [0.25, 0.3) is 10.9 Å². The third-order valence-corrected chi connectivity index (χ3v) is 2.86. The third kappa shape index (κ3) is 2.11. The van der Waals surface area contributed by atoms with E-state index in [1.807, 2.05) is 6.92 Å². The summed E-state index contributed by atoms with van der Waals surface area (Å²) in [7, 11) is 2.85. The largest absolute Gasteiger partial charge is 0.496 e. The highest BCUT2D eigenvalue weighted by Gasteiger charge is 2.14. The second-order valence-electron chi connectivity index (χ2n) is 3.82. The standard InChI is InChI=1S/C13H12ClNO3/c1-7-4-8(14)5-9-11(17-2)6-10(13(16)18-3)15-12(7)9/h4-6H,1-3H3. The lowest BCUT2D eigenvalue weighted by atomic mass is 10.1. The molecule has 1 aromatic heterocycles. The maximum Gasteiger partial charge on any atom is 0.356 e. The number of aromatic nitrogens is 1. The number of pyridine rings is 1. The Labute approximate surface area is 109 Å². The van der Waals surface area contributed by atoms with Crippen molar-refractivity contribution in [3.05, 3.63) is 34.5 Å². The number of halogens is 1. The Balaban J connectivity index is 2.79. The van der Waals surface area contributed by atoms with Crippen molar-refractivity contribution in [3.63, 3.8) is 0 Å². The first-order chi connectivity index (χ1) is 8.56. The summed E-state index contributed by atoms with van der Waals surface area (Å²) >= 11 is 6.01. The van der Waals surface area contributed by atoms with E-state index in [2.05, 4.69) is 9.72 Å². The van der Waals surface area contributed by atoms with Crippen molar-refractivity contribution in [1.29, 1.82) is 0 Å². The quantitative estimate of drug-likeness (QED) is 0.783. The average molecular weight is 266 g/mol. The summed E-state index contributed by atoms with van der Waals surface area (Å²) in [5.41, 5.74) is 1.77. The molecule has 0 spiro atoms. The summed E-state index contributed by atoms with van der Waals surface area (Å²) in [6.07, 6.45) is 0. The first-order valence-corrected chi connectivity index (χ1v) is 5.68. The molecule has 0 amide bonds. The van der Waals surface area contributed by atoms with Gasteiger partial charge in [-0.3, -0.25) is 0 Å². The van der Waals surface area contributed by atoms with Crippen molar-refractivity contribution in [1.82, 2.24) is 4.98 Å². The van der Waals surface area contributed by atoms with Crippen molar-refractivity contribution in [3.8, 4) is 5.75 Å². The van der Waals surface area contributed by atoms with Crippen molar-refractivity contribution in [2.24, 2.45) is 0 Å². The summed E-state index contributed by atoms with van der Waals surface area (Å²) in [5.74, 6) is 0.0514. The van der Waals surface area contributed by atoms with E-state index in [9.17, 15) is 4.79 Å². The van der Waals surface area contributed by atoms with Crippen LogP contribution in [0.15, 0.2) is 18.2 Å². The molecule has 0 aliphatic rings. The van der Waals surface area contributed by atoms with Gasteiger partial charge in [-0.05, 0) is 24.6 Å². The van der Waals surface area contributed by atoms with Crippen molar-refractivity contribution in [2.75, 3.05) is 14.2 Å². The second-order valence-corrected chi connectivity index (χ2v) is 4.26. The number of esters is 1. The van der Waals surface area contributed by atoms with E-state index in [1.165, 1.54) is 14.2 Å². The minimum Gasteiger partial charge on any atom is -0.496 e. The Bertz CT molecular complexity index is 625. The second kappa shape index (κ2) is 4.82. The fraction of sp³-hybridized carbons (Fsp3) is 0.231. The van der Waals surface area contributed by atoms with Crippen LogP contribution in [0.3, 0.4) is 0 Å². The number of aryl methyl sites for hydroxylation is 1. The lowest BCUT2D eigenvalue weighted by Crippen LogP contribution is -2.05. The number of benzene rings is 1. The van der Waals surface area contributed by atoms with Gasteiger partial charge in [0.2, 0.25) is 0 Å². The van der Waals surface area contributed by atoms with E-state index in [4.69, 9.17) is 16.3 Å². The van der Waals surface area contributed by atoms with Gasteiger partial charge in [0, 0.05) is 16.5 Å². The molecule has 0 atom stereocenters. The summed E-state index contributed by atoms with van der Waals surface area (Å²) in [6, 6.07) is 5.10. The number of carbonyl (C=O) groups is 1. The Hall–Kier alpha value is -1.81. The minimum atomic E-state index is -0.496. The van der Waals surface area contributed by atoms with Gasteiger partial charge in [0.1, 0.15) is 5.75 Å². The summed E-state index contributed by atoms with van der Waals surface area (Å²) in [5, 5.41) is 1.38. The minimum absolute atomic E-state index is 0.215. The van der Waals surface area contributed by atoms with Gasteiger partial charge in [0.25, 0.3) is 0 Å². The number of methoxy groups -OCH3 is 2. The summed E-state index contributed by atoms with van der Waals surface area (Å²) in [4.78, 5) is 15.8. The van der Waals surface area contributed by atoms with Gasteiger partial charge >= 0.3 is 5.97 Å². The molecule has 0 bridgehead atoms. The molecule has 18 heavy (non-hydrogen) atoms. The maximum absolute atomic E-state index is 11.5. The van der Waals surface area contributed by atoms with Crippen molar-refractivity contribution < 1.29 is 14.3 Å². The highest BCUT2D eigenvalue weighted by molar-refractivity contribution is 6.31. The Morgan fingerprint density at radius 1 is 1.28 bits per heavy atom. The normalized spacial score (nSPS) is 10.4. The first kappa shape index (κ1) is 12.6. The molecule has 4 nitrogen and oxygen atoms in total. The molecular weight excluding hydrogens is 254 g/mol. The van der Waals surface area contributed by atoms with Gasteiger partial charge < -0.3 is 9.47 Å². The Morgan fingerprint density at radius 2 is 2.00 bits per heavy atom. The predicted molar refractivity (Wildman–Crippen MR) is 69.4 cm³/mol. The van der Waals surface area contributed by atoms with E-state index in [0.717, 1.165) is 10.9 Å². The van der Waals surface area contributed by atoms with Crippen LogP contribution in [0.2, 0.25) is 5.02 Å². The average Bonchev–Trinajstić information content (AvgIpc) is 2.36. The van der Waals surface area contributed by atoms with Gasteiger partial charge in [-0.25, -0.2) is 9.78 Å². The Kier molecular flexibility index (Phi) is 3.39. The molecule has 2 aromatic rings. The van der Waals surface area contributed by atoms with E-state index in [1.54, 1.807) is 18.2 Å². The topological polar surface area (TPSA) is 48.4 Å². The number of fused-ring (bicyclic) bond motifs is 1. The fourth-order valence-electron chi connectivity index (χ4n) is 1.80. The molecule has 1 aromatic carbocycles. The highest BCUT2D eigenvalue weighted by Crippen LogP contribution is 2.30. The van der Waals surface area contributed by atoms with Crippen LogP contribution < -0.4 is 4.74 Å². The number of carbonyl (C=O) groups excluding carboxylic acids is 1. The van der Waals surface area contributed by atoms with Crippen LogP contribution in [0.4, 0.5) is 0 Å². The molecular formula is C13H12ClNO3. The van der Waals surface area contributed by atoms with Gasteiger partial charge in [0.05, 0.1) is 19.7 Å². The van der Waals surface area contributed by atoms with Gasteiger partial charge in [-0.1, -0.05) is 11.6 Å². The fourth-order valence-corrected chi connectivity index (χ4v) is 2.08. The molecule has 0 radical (unpaired) electrons. The zero-order valence-corrected chi connectivity index (χ0v) is 11.0. The number of rotatable bonds is 2. The zero-order valence-electron chi connectivity index (χ0n) is 10.3. The van der Waals surface area contributed by atoms with E-state index in [-0.39, 0.29) is 5.69 Å². The molecule has 0 N–H and O–H groups in total. The lowest BCUT2D eigenvalue weighted by molar-refractivity contribution is 0.0594. The van der Waals surface area contributed by atoms with E-state index >= 15 is 0 Å². The van der Waals surface area contributed by atoms with Gasteiger partial charge in [0.15, 0.2) is 5.69 Å². The number of hydrogen-bond acceptors (Lipinski definition) is 4. The predicted octanol–water partition coefficient (Wildman–Crippen LogP) is 2.99. The van der Waals surface area contributed by atoms with Gasteiger partial charge in [-0.2, -0.15) is 0 Å². The monoisotopic (exact) mass is 265 g/mol. The van der Waals surface area contributed by atoms with Crippen LogP contribution in [0, 0.1) is 6.92 Å². The number of nitrogens with zero attached hydrogens (tertiary/aromatic N) is 1. The van der Waals surface area contributed by atoms with E-state index in [0.29, 0.717) is 16.3 Å². The van der Waals surface area contributed by atoms with Crippen LogP contribution in [-0.2, 0) is 4.74 Å². The number of hydrogen-bond donors (Lipinski definition) is 0. The Morgan fingerprint density at radius 3 is 2.61 bits per heavy atom. The SMILES string of the molecule is COC(=O)c1cc(OC)c2cc(Cl)cc(C)c2n1. The van der Waals surface area contributed by atoms with Crippen LogP contribution in [0.5, 0.6) is 5.75 Å². The summed E-state index contributed by atoms with van der Waals surface area (Å²) in [6.45, 7) is 1.88. The van der Waals surface area contributed by atoms with E-state index < -0.39 is 5.97 Å². The van der Waals surface area contributed by atoms with Crippen molar-refractivity contribution in [2.45, 2.75) is 6.92 Å². The van der Waals surface area contributed by atoms with Crippen LogP contribution in [0.1, 0.15) is 16.1 Å². The molecule has 2 rings (SSSR count). The van der Waals surface area contributed by atoms with Crippen molar-refractivity contribution >= 4 is 28.5 Å². The summed E-state index contributed by atoms with van der Waals surface area (Å²) < 4.78 is 9.93. The molecule has 0 aliphatic carbocycles. The molecule has 94 valence electrons. The molecule has 0 fully saturated rings. The molecule has 5 heteroatoms. The molecule has 0 unspecified atom stereocenters. The highest BCUT2D eigenvalue weighted by atomic mass is 35.5. The molecule has 0 saturated heterocycles. The molecule has 0 aliphatic heterocycles. The molecule has 0 saturated carbocycles. The maximum atomic E-state index is 11.5. The molecule has 1 heterocycles. The van der Waals surface area contributed by atoms with Crippen LogP contribution >= 0.6 is 11.6 Å². The van der Waals surface area contributed by atoms with Gasteiger partial charge in [-0.15, -0.1) is 0 Å². The smallest absolute Gasteiger partial charge is 0.356 e. The third-order valence-electron chi connectivity index (χ3n) is 2.65. The number of ether oxygens (including phenoxy) is 2. The lowest BCUT2D eigenvalue weighted by Gasteiger charge is -2.09. The first-order valence-electron chi connectivity index (χ1n) is 5.30. The zero-order chi connectivity index (χ0) is 13.3.